The van der Waals surface area contributed by atoms with Crippen LogP contribution in [-0.4, -0.2) is 50.2 Å². The van der Waals surface area contributed by atoms with Crippen LogP contribution < -0.4 is 10.2 Å². The second kappa shape index (κ2) is 8.40. The molecule has 0 aliphatic carbocycles. The van der Waals surface area contributed by atoms with Crippen LogP contribution >= 0.6 is 0 Å². The van der Waals surface area contributed by atoms with Gasteiger partial charge >= 0.3 is 6.18 Å². The highest BCUT2D eigenvalue weighted by atomic mass is 19.4. The van der Waals surface area contributed by atoms with Gasteiger partial charge in [0.1, 0.15) is 6.61 Å². The molecule has 0 atom stereocenters. The van der Waals surface area contributed by atoms with Crippen LogP contribution in [-0.2, 0) is 4.74 Å². The van der Waals surface area contributed by atoms with Gasteiger partial charge in [0.15, 0.2) is 0 Å². The maximum absolute atomic E-state index is 12.0. The van der Waals surface area contributed by atoms with Crippen molar-refractivity contribution in [2.45, 2.75) is 31.5 Å². The molecule has 7 heteroatoms. The van der Waals surface area contributed by atoms with Crippen molar-refractivity contribution in [3.05, 3.63) is 24.3 Å². The molecule has 0 aromatic heterocycles. The minimum Gasteiger partial charge on any atom is -0.393 e. The third-order valence-electron chi connectivity index (χ3n) is 3.76. The molecule has 1 aliphatic heterocycles. The number of benzene rings is 1. The number of aliphatic hydroxyl groups is 1. The third-order valence-corrected chi connectivity index (χ3v) is 3.76. The molecule has 2 rings (SSSR count). The van der Waals surface area contributed by atoms with Gasteiger partial charge in [0.25, 0.3) is 0 Å². The van der Waals surface area contributed by atoms with Gasteiger partial charge in [-0.1, -0.05) is 12.1 Å². The van der Waals surface area contributed by atoms with E-state index in [1.54, 1.807) is 0 Å². The molecule has 1 aliphatic rings. The maximum Gasteiger partial charge on any atom is 0.411 e. The lowest BCUT2D eigenvalue weighted by Crippen LogP contribution is -2.36. The van der Waals surface area contributed by atoms with Crippen molar-refractivity contribution in [1.29, 1.82) is 0 Å². The van der Waals surface area contributed by atoms with Gasteiger partial charge in [-0.3, -0.25) is 0 Å². The van der Waals surface area contributed by atoms with Crippen molar-refractivity contribution < 1.29 is 23.0 Å². The highest BCUT2D eigenvalue weighted by molar-refractivity contribution is 5.70. The summed E-state index contributed by atoms with van der Waals surface area (Å²) < 4.78 is 40.4. The minimum atomic E-state index is -4.27. The van der Waals surface area contributed by atoms with Crippen LogP contribution in [0, 0.1) is 0 Å². The number of aliphatic hydroxyl groups excluding tert-OH is 1. The van der Waals surface area contributed by atoms with Gasteiger partial charge in [-0.05, 0) is 31.4 Å². The summed E-state index contributed by atoms with van der Waals surface area (Å²) in [7, 11) is 0. The number of halogens is 3. The Morgan fingerprint density at radius 2 is 1.91 bits per heavy atom. The molecule has 23 heavy (non-hydrogen) atoms. The number of anilines is 2. The normalized spacial score (nSPS) is 16.6. The summed E-state index contributed by atoms with van der Waals surface area (Å²) in [6.45, 7) is 1.03. The smallest absolute Gasteiger partial charge is 0.393 e. The van der Waals surface area contributed by atoms with Crippen molar-refractivity contribution >= 4 is 11.4 Å². The standard InChI is InChI=1S/C16H23F3N2O2/c17-16(18,19)12-23-11-3-8-20-14-4-1-2-5-15(14)21-9-6-13(22)7-10-21/h1-2,4-5,13,20,22H,3,6-12H2. The van der Waals surface area contributed by atoms with E-state index in [1.807, 2.05) is 24.3 Å². The number of hydrogen-bond donors (Lipinski definition) is 2. The molecule has 0 radical (unpaired) electrons. The lowest BCUT2D eigenvalue weighted by Gasteiger charge is -2.33. The molecule has 130 valence electrons. The summed E-state index contributed by atoms with van der Waals surface area (Å²) in [4.78, 5) is 2.22. The van der Waals surface area contributed by atoms with Crippen LogP contribution in [0.3, 0.4) is 0 Å². The Kier molecular flexibility index (Phi) is 6.53. The Labute approximate surface area is 134 Å². The molecule has 0 amide bonds. The zero-order chi connectivity index (χ0) is 16.7. The number of hydrogen-bond acceptors (Lipinski definition) is 4. The van der Waals surface area contributed by atoms with Crippen molar-refractivity contribution in [3.63, 3.8) is 0 Å². The first kappa shape index (κ1) is 17.9. The minimum absolute atomic E-state index is 0.0740. The number of ether oxygens (including phenoxy) is 1. The highest BCUT2D eigenvalue weighted by Crippen LogP contribution is 2.28. The van der Waals surface area contributed by atoms with Crippen LogP contribution in [0.5, 0.6) is 0 Å². The number of alkyl halides is 3. The van der Waals surface area contributed by atoms with E-state index in [-0.39, 0.29) is 12.7 Å². The summed E-state index contributed by atoms with van der Waals surface area (Å²) in [6, 6.07) is 7.85. The molecular weight excluding hydrogens is 309 g/mol. The summed E-state index contributed by atoms with van der Waals surface area (Å²) in [6.07, 6.45) is -2.49. The van der Waals surface area contributed by atoms with Crippen LogP contribution in [0.1, 0.15) is 19.3 Å². The first-order valence-electron chi connectivity index (χ1n) is 7.86. The predicted octanol–water partition coefficient (Wildman–Crippen LogP) is 3.03. The van der Waals surface area contributed by atoms with Gasteiger partial charge in [-0.25, -0.2) is 0 Å². The SMILES string of the molecule is OC1CCN(c2ccccc2NCCCOCC(F)(F)F)CC1. The molecule has 0 spiro atoms. The summed E-state index contributed by atoms with van der Waals surface area (Å²) >= 11 is 0. The monoisotopic (exact) mass is 332 g/mol. The fourth-order valence-corrected chi connectivity index (χ4v) is 2.59. The number of rotatable bonds is 7. The lowest BCUT2D eigenvalue weighted by molar-refractivity contribution is -0.173. The Morgan fingerprint density at radius 3 is 2.61 bits per heavy atom. The van der Waals surface area contributed by atoms with E-state index in [2.05, 4.69) is 15.0 Å². The van der Waals surface area contributed by atoms with Crippen molar-refractivity contribution in [3.8, 4) is 0 Å². The summed E-state index contributed by atoms with van der Waals surface area (Å²) in [5, 5.41) is 12.8. The zero-order valence-electron chi connectivity index (χ0n) is 13.0. The number of piperidine rings is 1. The number of nitrogens with one attached hydrogen (secondary N) is 1. The molecule has 1 aromatic carbocycles. The van der Waals surface area contributed by atoms with E-state index in [1.165, 1.54) is 0 Å². The maximum atomic E-state index is 12.0. The van der Waals surface area contributed by atoms with E-state index >= 15 is 0 Å². The number of para-hydroxylation sites is 2. The van der Waals surface area contributed by atoms with E-state index in [0.717, 1.165) is 37.3 Å². The molecule has 1 saturated heterocycles. The topological polar surface area (TPSA) is 44.7 Å². The first-order valence-corrected chi connectivity index (χ1v) is 7.86. The molecule has 0 unspecified atom stereocenters. The van der Waals surface area contributed by atoms with Gasteiger partial charge in [0.2, 0.25) is 0 Å². The molecule has 4 nitrogen and oxygen atoms in total. The van der Waals surface area contributed by atoms with Gasteiger partial charge in [0.05, 0.1) is 17.5 Å². The summed E-state index contributed by atoms with van der Waals surface area (Å²) in [5.74, 6) is 0. The van der Waals surface area contributed by atoms with E-state index in [4.69, 9.17) is 0 Å². The summed E-state index contributed by atoms with van der Waals surface area (Å²) in [5.41, 5.74) is 2.02. The van der Waals surface area contributed by atoms with Gasteiger partial charge in [-0.2, -0.15) is 13.2 Å². The van der Waals surface area contributed by atoms with Crippen LogP contribution in [0.2, 0.25) is 0 Å². The fourth-order valence-electron chi connectivity index (χ4n) is 2.59. The van der Waals surface area contributed by atoms with Crippen molar-refractivity contribution in [1.82, 2.24) is 0 Å². The van der Waals surface area contributed by atoms with Crippen LogP contribution in [0.4, 0.5) is 24.5 Å². The third kappa shape index (κ3) is 6.27. The van der Waals surface area contributed by atoms with E-state index in [9.17, 15) is 18.3 Å². The van der Waals surface area contributed by atoms with Crippen molar-refractivity contribution in [2.75, 3.05) is 43.1 Å². The predicted molar refractivity (Wildman–Crippen MR) is 83.9 cm³/mol. The Bertz CT molecular complexity index is 475. The second-order valence-electron chi connectivity index (χ2n) is 5.68. The molecule has 0 bridgehead atoms. The molecular formula is C16H23F3N2O2. The molecule has 0 saturated carbocycles. The van der Waals surface area contributed by atoms with E-state index < -0.39 is 12.8 Å². The average molecular weight is 332 g/mol. The lowest BCUT2D eigenvalue weighted by atomic mass is 10.1. The van der Waals surface area contributed by atoms with Crippen molar-refractivity contribution in [2.24, 2.45) is 0 Å². The Balaban J connectivity index is 1.77. The molecule has 1 aromatic rings. The molecule has 1 heterocycles. The fraction of sp³-hybridized carbons (Fsp3) is 0.625. The molecule has 2 N–H and O–H groups in total. The van der Waals surface area contributed by atoms with Gasteiger partial charge in [0, 0.05) is 26.2 Å². The molecule has 1 fully saturated rings. The van der Waals surface area contributed by atoms with Gasteiger partial charge < -0.3 is 20.1 Å². The first-order chi connectivity index (χ1) is 11.0. The highest BCUT2D eigenvalue weighted by Gasteiger charge is 2.27. The Morgan fingerprint density at radius 1 is 1.22 bits per heavy atom. The van der Waals surface area contributed by atoms with E-state index in [0.29, 0.717) is 13.0 Å². The zero-order valence-corrected chi connectivity index (χ0v) is 13.0. The average Bonchev–Trinajstić information content (AvgIpc) is 2.51. The van der Waals surface area contributed by atoms with Crippen LogP contribution in [0.15, 0.2) is 24.3 Å². The van der Waals surface area contributed by atoms with Crippen LogP contribution in [0.25, 0.3) is 0 Å². The Hall–Kier alpha value is -1.47. The van der Waals surface area contributed by atoms with Gasteiger partial charge in [-0.15, -0.1) is 0 Å². The quantitative estimate of drug-likeness (QED) is 0.754. The number of nitrogens with zero attached hydrogens (tertiary/aromatic N) is 1. The largest absolute Gasteiger partial charge is 0.411 e. The second-order valence-corrected chi connectivity index (χ2v) is 5.68.